The Bertz CT molecular complexity index is 528. The summed E-state index contributed by atoms with van der Waals surface area (Å²) in [4.78, 5) is 2.27. The minimum absolute atomic E-state index is 0.267. The van der Waals surface area contributed by atoms with E-state index in [9.17, 15) is 8.42 Å². The lowest BCUT2D eigenvalue weighted by atomic mass is 10.0. The predicted octanol–water partition coefficient (Wildman–Crippen LogP) is 1.33. The van der Waals surface area contributed by atoms with Crippen molar-refractivity contribution in [1.29, 1.82) is 0 Å². The van der Waals surface area contributed by atoms with Crippen LogP contribution in [0.15, 0.2) is 30.3 Å². The van der Waals surface area contributed by atoms with E-state index in [2.05, 4.69) is 34.5 Å². The third kappa shape index (κ3) is 5.09. The maximum Gasteiger partial charge on any atom is 0.153 e. The second-order valence-electron chi connectivity index (χ2n) is 6.06. The molecule has 118 valence electrons. The summed E-state index contributed by atoms with van der Waals surface area (Å²) in [6, 6.07) is 10.8. The SMILES string of the molecule is CC(C)S(=O)(=O)CCN1CCNC(Cc2ccccc2)C1. The second kappa shape index (κ2) is 7.38. The molecule has 0 spiro atoms. The quantitative estimate of drug-likeness (QED) is 0.861. The molecule has 0 aliphatic carbocycles. The number of rotatable bonds is 6. The van der Waals surface area contributed by atoms with E-state index in [-0.39, 0.29) is 11.0 Å². The van der Waals surface area contributed by atoms with Gasteiger partial charge in [0.05, 0.1) is 11.0 Å². The molecule has 1 fully saturated rings. The van der Waals surface area contributed by atoms with E-state index in [1.807, 2.05) is 6.07 Å². The molecule has 1 unspecified atom stereocenters. The fourth-order valence-electron chi connectivity index (χ4n) is 2.62. The van der Waals surface area contributed by atoms with Crippen LogP contribution in [-0.4, -0.2) is 56.5 Å². The number of hydrogen-bond acceptors (Lipinski definition) is 4. The van der Waals surface area contributed by atoms with Gasteiger partial charge in [-0.3, -0.25) is 4.90 Å². The molecule has 2 rings (SSSR count). The molecule has 0 bridgehead atoms. The van der Waals surface area contributed by atoms with E-state index in [0.29, 0.717) is 12.6 Å². The average Bonchev–Trinajstić information content (AvgIpc) is 2.47. The van der Waals surface area contributed by atoms with Crippen molar-refractivity contribution in [2.24, 2.45) is 0 Å². The smallest absolute Gasteiger partial charge is 0.153 e. The van der Waals surface area contributed by atoms with Crippen molar-refractivity contribution in [3.05, 3.63) is 35.9 Å². The summed E-state index contributed by atoms with van der Waals surface area (Å²) in [5.41, 5.74) is 1.33. The van der Waals surface area contributed by atoms with E-state index < -0.39 is 9.84 Å². The maximum atomic E-state index is 11.9. The molecule has 1 aromatic carbocycles. The molecule has 1 aliphatic rings. The zero-order valence-electron chi connectivity index (χ0n) is 13.0. The Kier molecular flexibility index (Phi) is 5.79. The van der Waals surface area contributed by atoms with Gasteiger partial charge < -0.3 is 5.32 Å². The van der Waals surface area contributed by atoms with Crippen molar-refractivity contribution < 1.29 is 8.42 Å². The van der Waals surface area contributed by atoms with E-state index in [4.69, 9.17) is 0 Å². The Morgan fingerprint density at radius 1 is 1.29 bits per heavy atom. The average molecular weight is 310 g/mol. The van der Waals surface area contributed by atoms with Crippen molar-refractivity contribution in [2.45, 2.75) is 31.6 Å². The van der Waals surface area contributed by atoms with Gasteiger partial charge in [0.2, 0.25) is 0 Å². The molecule has 1 N–H and O–H groups in total. The summed E-state index contributed by atoms with van der Waals surface area (Å²) >= 11 is 0. The minimum atomic E-state index is -2.94. The summed E-state index contributed by atoms with van der Waals surface area (Å²) in [7, 11) is -2.94. The van der Waals surface area contributed by atoms with Crippen LogP contribution < -0.4 is 5.32 Å². The second-order valence-corrected chi connectivity index (χ2v) is 8.73. The minimum Gasteiger partial charge on any atom is -0.311 e. The van der Waals surface area contributed by atoms with Crippen molar-refractivity contribution >= 4 is 9.84 Å². The highest BCUT2D eigenvalue weighted by Gasteiger charge is 2.22. The lowest BCUT2D eigenvalue weighted by molar-refractivity contribution is 0.209. The first-order valence-electron chi connectivity index (χ1n) is 7.68. The molecule has 0 aromatic heterocycles. The van der Waals surface area contributed by atoms with Gasteiger partial charge >= 0.3 is 0 Å². The molecule has 5 heteroatoms. The van der Waals surface area contributed by atoms with Crippen molar-refractivity contribution in [3.8, 4) is 0 Å². The van der Waals surface area contributed by atoms with Gasteiger partial charge in [-0.25, -0.2) is 8.42 Å². The monoisotopic (exact) mass is 310 g/mol. The molecular weight excluding hydrogens is 284 g/mol. The van der Waals surface area contributed by atoms with Crippen LogP contribution in [0.25, 0.3) is 0 Å². The van der Waals surface area contributed by atoms with Crippen LogP contribution in [0.1, 0.15) is 19.4 Å². The Morgan fingerprint density at radius 3 is 2.67 bits per heavy atom. The highest BCUT2D eigenvalue weighted by Crippen LogP contribution is 2.09. The molecular formula is C16H26N2O2S. The lowest BCUT2D eigenvalue weighted by Gasteiger charge is -2.33. The summed E-state index contributed by atoms with van der Waals surface area (Å²) < 4.78 is 23.8. The van der Waals surface area contributed by atoms with E-state index in [0.717, 1.165) is 26.1 Å². The van der Waals surface area contributed by atoms with Crippen LogP contribution in [0.3, 0.4) is 0 Å². The van der Waals surface area contributed by atoms with Gasteiger partial charge in [-0.15, -0.1) is 0 Å². The van der Waals surface area contributed by atoms with Crippen LogP contribution in [0.2, 0.25) is 0 Å². The van der Waals surface area contributed by atoms with Crippen LogP contribution in [0.4, 0.5) is 0 Å². The van der Waals surface area contributed by atoms with Crippen LogP contribution in [0, 0.1) is 0 Å². The van der Waals surface area contributed by atoms with E-state index >= 15 is 0 Å². The topological polar surface area (TPSA) is 49.4 Å². The highest BCUT2D eigenvalue weighted by atomic mass is 32.2. The zero-order chi connectivity index (χ0) is 15.3. The first-order valence-corrected chi connectivity index (χ1v) is 9.40. The first-order chi connectivity index (χ1) is 9.97. The Hall–Kier alpha value is -0.910. The number of hydrogen-bond donors (Lipinski definition) is 1. The molecule has 0 amide bonds. The fraction of sp³-hybridized carbons (Fsp3) is 0.625. The molecule has 21 heavy (non-hydrogen) atoms. The van der Waals surface area contributed by atoms with Gasteiger partial charge in [0.15, 0.2) is 9.84 Å². The fourth-order valence-corrected chi connectivity index (χ4v) is 3.61. The molecule has 1 heterocycles. The summed E-state index contributed by atoms with van der Waals surface area (Å²) in [6.45, 7) is 6.94. The molecule has 0 saturated carbocycles. The third-order valence-electron chi connectivity index (χ3n) is 4.07. The molecule has 1 aliphatic heterocycles. The maximum absolute atomic E-state index is 11.9. The third-order valence-corrected chi connectivity index (χ3v) is 6.26. The molecule has 4 nitrogen and oxygen atoms in total. The van der Waals surface area contributed by atoms with Crippen molar-refractivity contribution in [3.63, 3.8) is 0 Å². The van der Waals surface area contributed by atoms with Gasteiger partial charge in [-0.1, -0.05) is 30.3 Å². The predicted molar refractivity (Wildman–Crippen MR) is 87.3 cm³/mol. The van der Waals surface area contributed by atoms with Gasteiger partial charge in [0.25, 0.3) is 0 Å². The Labute approximate surface area is 128 Å². The van der Waals surface area contributed by atoms with Crippen LogP contribution in [0.5, 0.6) is 0 Å². The molecule has 1 aromatic rings. The van der Waals surface area contributed by atoms with Crippen molar-refractivity contribution in [1.82, 2.24) is 10.2 Å². The molecule has 1 saturated heterocycles. The number of nitrogens with one attached hydrogen (secondary N) is 1. The van der Waals surface area contributed by atoms with Crippen LogP contribution in [-0.2, 0) is 16.3 Å². The van der Waals surface area contributed by atoms with E-state index in [1.165, 1.54) is 5.56 Å². The van der Waals surface area contributed by atoms with Gasteiger partial charge in [0.1, 0.15) is 0 Å². The summed E-state index contributed by atoms with van der Waals surface area (Å²) in [5, 5.41) is 3.25. The van der Waals surface area contributed by atoms with Crippen molar-refractivity contribution in [2.75, 3.05) is 31.9 Å². The van der Waals surface area contributed by atoms with Gasteiger partial charge in [-0.05, 0) is 25.8 Å². The van der Waals surface area contributed by atoms with Gasteiger partial charge in [0, 0.05) is 32.2 Å². The normalized spacial score (nSPS) is 20.8. The number of benzene rings is 1. The summed E-state index contributed by atoms with van der Waals surface area (Å²) in [6.07, 6.45) is 0.994. The first kappa shape index (κ1) is 16.5. The Balaban J connectivity index is 1.84. The summed E-state index contributed by atoms with van der Waals surface area (Å²) in [5.74, 6) is 0.267. The number of nitrogens with zero attached hydrogens (tertiary/aromatic N) is 1. The number of piperazine rings is 1. The van der Waals surface area contributed by atoms with Crippen LogP contribution >= 0.6 is 0 Å². The van der Waals surface area contributed by atoms with Gasteiger partial charge in [-0.2, -0.15) is 0 Å². The number of sulfone groups is 1. The lowest BCUT2D eigenvalue weighted by Crippen LogP contribution is -2.52. The standard InChI is InChI=1S/C16H26N2O2S/c1-14(2)21(19,20)11-10-18-9-8-17-16(13-18)12-15-6-4-3-5-7-15/h3-7,14,16-17H,8-13H2,1-2H3. The molecule has 1 atom stereocenters. The molecule has 0 radical (unpaired) electrons. The van der Waals surface area contributed by atoms with E-state index in [1.54, 1.807) is 13.8 Å². The largest absolute Gasteiger partial charge is 0.311 e. The highest BCUT2D eigenvalue weighted by molar-refractivity contribution is 7.92. The zero-order valence-corrected chi connectivity index (χ0v) is 13.8. The Morgan fingerprint density at radius 2 is 2.00 bits per heavy atom.